The van der Waals surface area contributed by atoms with Crippen LogP contribution >= 0.6 is 69.7 Å². The van der Waals surface area contributed by atoms with Crippen molar-refractivity contribution in [3.05, 3.63) is 86.1 Å². The number of nitrogens with zero attached hydrogens (tertiary/aromatic N) is 12. The molecule has 2 saturated heterocycles. The number of hydrogen-bond acceptors (Lipinski definition) is 28. The normalized spacial score (nSPS) is 17.0. The SMILES string of the molecule is CO/N=C(\C(=O)N[C@@H]1C(=O)N2C(C(=O)[O-])=C(CSc3nc(=O)c(=O)[n-]n3C)CSC12)c1csc(N)n1.CO/N=C(\C(=O)N[C@@H]1C(=O)N2C(C(=O)[O-])=C(CSc3nc(=O)c(=O)[n-]n3C)CSC12)c1csc(N)n1.O.O.O.O.O.O.O.[Na+].[Na+].[Na+].[Na+]. The van der Waals surface area contributed by atoms with Crippen LogP contribution in [0, 0.1) is 0 Å². The first-order valence-corrected chi connectivity index (χ1v) is 25.6. The fourth-order valence-electron chi connectivity index (χ4n) is 6.78. The Labute approximate surface area is 577 Å². The van der Waals surface area contributed by atoms with Gasteiger partial charge in [0.2, 0.25) is 0 Å². The number of nitrogens with two attached hydrogens (primary N) is 2. The summed E-state index contributed by atoms with van der Waals surface area (Å²) in [7, 11) is 5.32. The Balaban J connectivity index is -0.000000431. The summed E-state index contributed by atoms with van der Waals surface area (Å²) < 4.78 is 2.23. The standard InChI is InChI=1S/2C18H18N8O7S3.4Na.7H2O/c2*1-25-18(22-12(28)13(29)23-25)36-4-6-3-34-15-9(14(30)26(15)10(6)16(31)32)21-11(27)8(24-33-2)7-5-35-17(19)20-7;;;;;;;;;;;/h2*5,9,15H,3-4H2,1-2H3,(H5,19,20,21,23,27,29,31,32);;;;;7*1H2/q;;4*+1;;;;;;;/p-4/b2*24-8-;;;;;;;;;;;/t2*9-,15?;;;;;;;;;;;/m11.........../s1. The Morgan fingerprint density at radius 3 is 1.23 bits per heavy atom. The quantitative estimate of drug-likeness (QED) is 0.0202. The molecule has 20 N–H and O–H groups in total. The van der Waals surface area contributed by atoms with Crippen LogP contribution in [0.1, 0.15) is 11.4 Å². The van der Waals surface area contributed by atoms with Gasteiger partial charge in [-0.3, -0.25) is 38.6 Å². The fraction of sp³-hybridized carbons (Fsp3) is 0.333. The average Bonchev–Trinajstić information content (AvgIpc) is 3.98. The number of anilines is 2. The number of thioether (sulfide) groups is 4. The number of carbonyl (C=O) groups is 6. The van der Waals surface area contributed by atoms with Gasteiger partial charge in [0.15, 0.2) is 43.1 Å². The first-order chi connectivity index (χ1) is 34.2. The first kappa shape index (κ1) is 88.2. The number of aryl methyl sites for hydroxylation is 2. The van der Waals surface area contributed by atoms with Crippen molar-refractivity contribution < 1.29 is 205 Å². The molecule has 0 aromatic carbocycles. The summed E-state index contributed by atoms with van der Waals surface area (Å²) in [6.07, 6.45) is 0. The number of aliphatic carboxylic acids is 2. The Kier molecular flexibility index (Phi) is 41.0. The molecule has 0 saturated carbocycles. The van der Waals surface area contributed by atoms with Crippen molar-refractivity contribution in [2.45, 2.75) is 33.1 Å². The largest absolute Gasteiger partial charge is 1.00 e. The Morgan fingerprint density at radius 1 is 0.627 bits per heavy atom. The summed E-state index contributed by atoms with van der Waals surface area (Å²) in [6.45, 7) is 0. The van der Waals surface area contributed by atoms with E-state index in [4.69, 9.17) is 21.1 Å². The van der Waals surface area contributed by atoms with Crippen LogP contribution in [0.15, 0.2) is 73.1 Å². The minimum Gasteiger partial charge on any atom is -0.554 e. The van der Waals surface area contributed by atoms with E-state index in [0.717, 1.165) is 65.4 Å². The number of β-lactam (4-membered cyclic amide) rings is 2. The summed E-state index contributed by atoms with van der Waals surface area (Å²) in [4.78, 5) is 148. The van der Waals surface area contributed by atoms with E-state index in [1.165, 1.54) is 62.6 Å². The summed E-state index contributed by atoms with van der Waals surface area (Å²) in [5.41, 5.74) is 7.12. The third-order valence-corrected chi connectivity index (χ3v) is 16.2. The Morgan fingerprint density at radius 2 is 0.952 bits per heavy atom. The number of aromatic nitrogens is 8. The molecule has 47 heteroatoms. The molecule has 2 fully saturated rings. The number of thiazole rings is 2. The molecule has 83 heavy (non-hydrogen) atoms. The van der Waals surface area contributed by atoms with Gasteiger partial charge in [-0.25, -0.2) is 9.97 Å². The summed E-state index contributed by atoms with van der Waals surface area (Å²) in [5, 5.41) is 45.5. The van der Waals surface area contributed by atoms with Crippen LogP contribution in [0.5, 0.6) is 0 Å². The number of fused-ring (bicyclic) bond motifs is 2. The van der Waals surface area contributed by atoms with Gasteiger partial charge >= 0.3 is 118 Å². The second-order valence-electron chi connectivity index (χ2n) is 14.4. The van der Waals surface area contributed by atoms with E-state index in [0.29, 0.717) is 11.1 Å². The van der Waals surface area contributed by atoms with E-state index >= 15 is 0 Å². The van der Waals surface area contributed by atoms with Gasteiger partial charge in [-0.2, -0.15) is 9.97 Å². The molecular weight excluding hydrogens is 1280 g/mol. The molecule has 8 heterocycles. The minimum atomic E-state index is -1.57. The van der Waals surface area contributed by atoms with Gasteiger partial charge in [0.05, 0.1) is 23.3 Å². The molecule has 0 radical (unpaired) electrons. The molecule has 0 spiro atoms. The van der Waals surface area contributed by atoms with Crippen LogP contribution in [0.4, 0.5) is 10.3 Å². The molecule has 4 atom stereocenters. The smallest absolute Gasteiger partial charge is 0.554 e. The summed E-state index contributed by atoms with van der Waals surface area (Å²) in [6, 6.07) is -2.05. The van der Waals surface area contributed by atoms with Gasteiger partial charge < -0.3 is 119 Å². The topological polar surface area (TPSA) is 653 Å². The molecule has 4 amide bonds. The minimum absolute atomic E-state index is 0. The molecule has 0 bridgehead atoms. The van der Waals surface area contributed by atoms with Crippen molar-refractivity contribution in [1.29, 1.82) is 0 Å². The molecule has 436 valence electrons. The monoisotopic (exact) mass is 1320 g/mol. The second-order valence-corrected chi connectivity index (χ2v) is 20.3. The van der Waals surface area contributed by atoms with E-state index in [9.17, 15) is 58.2 Å². The third kappa shape index (κ3) is 19.7. The molecule has 4 aliphatic heterocycles. The van der Waals surface area contributed by atoms with Crippen molar-refractivity contribution in [1.82, 2.24) is 59.9 Å². The van der Waals surface area contributed by atoms with Gasteiger partial charge in [-0.05, 0) is 25.2 Å². The molecule has 0 aliphatic carbocycles. The number of carboxylic acids is 2. The zero-order chi connectivity index (χ0) is 52.3. The average molecular weight is 1320 g/mol. The molecular formula is C36H46N16Na4O21S6. The van der Waals surface area contributed by atoms with Gasteiger partial charge in [-0.15, -0.1) is 46.2 Å². The maximum atomic E-state index is 12.9. The van der Waals surface area contributed by atoms with Crippen LogP contribution < -0.4 is 183 Å². The molecule has 4 aromatic heterocycles. The van der Waals surface area contributed by atoms with Crippen molar-refractivity contribution in [3.63, 3.8) is 0 Å². The number of nitrogens with one attached hydrogen (secondary N) is 2. The molecule has 37 nitrogen and oxygen atoms in total. The van der Waals surface area contributed by atoms with Gasteiger partial charge in [0.25, 0.3) is 34.7 Å². The van der Waals surface area contributed by atoms with Crippen molar-refractivity contribution >= 4 is 127 Å². The number of hydrogen-bond donors (Lipinski definition) is 4. The van der Waals surface area contributed by atoms with Crippen molar-refractivity contribution in [2.24, 2.45) is 24.4 Å². The van der Waals surface area contributed by atoms with Crippen molar-refractivity contribution in [3.8, 4) is 0 Å². The number of carbonyl (C=O) groups excluding carboxylic acids is 6. The zero-order valence-corrected chi connectivity index (χ0v) is 57.4. The zero-order valence-electron chi connectivity index (χ0n) is 44.5. The number of nitrogen functional groups attached to an aromatic ring is 2. The predicted molar refractivity (Wildman–Crippen MR) is 279 cm³/mol. The van der Waals surface area contributed by atoms with Crippen LogP contribution in [0.3, 0.4) is 0 Å². The Hall–Kier alpha value is -3.56. The summed E-state index contributed by atoms with van der Waals surface area (Å²) in [5.74, 6) is -5.46. The maximum Gasteiger partial charge on any atom is 1.00 e. The predicted octanol–water partition coefficient (Wildman–Crippen LogP) is -24.4. The number of carboxylic acid groups (broad SMARTS) is 2. The number of rotatable bonds is 16. The molecule has 4 aliphatic rings. The van der Waals surface area contributed by atoms with Crippen molar-refractivity contribution in [2.75, 3.05) is 48.7 Å². The van der Waals surface area contributed by atoms with Gasteiger partial charge in [-0.1, -0.05) is 33.8 Å². The fourth-order valence-corrected chi connectivity index (χ4v) is 12.7. The Bertz CT molecular complexity index is 3110. The third-order valence-electron chi connectivity index (χ3n) is 9.93. The number of oxime groups is 2. The number of amides is 4. The summed E-state index contributed by atoms with van der Waals surface area (Å²) >= 11 is 6.61. The van der Waals surface area contributed by atoms with E-state index in [2.05, 4.69) is 51.1 Å². The van der Waals surface area contributed by atoms with Crippen LogP contribution in [0.2, 0.25) is 0 Å². The second kappa shape index (κ2) is 38.6. The van der Waals surface area contributed by atoms with Crippen LogP contribution in [0.25, 0.3) is 0 Å². The first-order valence-electron chi connectivity index (χ1n) is 19.8. The maximum absolute atomic E-state index is 12.9. The van der Waals surface area contributed by atoms with Gasteiger partial charge in [0, 0.05) is 33.8 Å². The van der Waals surface area contributed by atoms with Gasteiger partial charge in [0.1, 0.15) is 48.4 Å². The molecule has 4 aromatic rings. The molecule has 2 unspecified atom stereocenters. The van der Waals surface area contributed by atoms with E-state index in [-0.39, 0.29) is 234 Å². The van der Waals surface area contributed by atoms with E-state index in [1.54, 1.807) is 0 Å². The van der Waals surface area contributed by atoms with Crippen LogP contribution in [-0.2, 0) is 52.5 Å². The van der Waals surface area contributed by atoms with Crippen LogP contribution in [-0.4, -0.2) is 184 Å². The van der Waals surface area contributed by atoms with E-state index < -0.39 is 80.6 Å². The van der Waals surface area contributed by atoms with E-state index in [1.807, 2.05) is 0 Å². The molecule has 8 rings (SSSR count).